The Morgan fingerprint density at radius 1 is 0.473 bits per heavy atom. The van der Waals surface area contributed by atoms with Gasteiger partial charge in [-0.3, -0.25) is 0 Å². The van der Waals surface area contributed by atoms with Crippen molar-refractivity contribution in [1.29, 1.82) is 0 Å². The van der Waals surface area contributed by atoms with E-state index >= 15 is 0 Å². The molecule has 23 nitrogen and oxygen atoms in total. The second kappa shape index (κ2) is 26.8. The molecular weight excluding hydrogens is 1150 g/mol. The van der Waals surface area contributed by atoms with Crippen LogP contribution >= 0.6 is 0 Å². The zero-order valence-corrected chi connectivity index (χ0v) is 52.3. The molecule has 3 aromatic carbocycles. The van der Waals surface area contributed by atoms with E-state index in [0.29, 0.717) is 48.8 Å². The summed E-state index contributed by atoms with van der Waals surface area (Å²) in [6.45, 7) is 15.8. The first-order valence-corrected chi connectivity index (χ1v) is 30.4. The molecule has 0 fully saturated rings. The fourth-order valence-electron chi connectivity index (χ4n) is 11.9. The molecule has 14 rings (SSSR count). The van der Waals surface area contributed by atoms with Gasteiger partial charge >= 0.3 is 0 Å². The number of likely N-dealkylation sites (N-methyl/N-ethyl adjacent to an activating group) is 3. The van der Waals surface area contributed by atoms with Crippen molar-refractivity contribution in [3.63, 3.8) is 0 Å². The summed E-state index contributed by atoms with van der Waals surface area (Å²) in [5.74, 6) is 2.59. The van der Waals surface area contributed by atoms with Crippen LogP contribution in [-0.4, -0.2) is 122 Å². The Morgan fingerprint density at radius 2 is 0.912 bits per heavy atom. The zero-order valence-electron chi connectivity index (χ0n) is 52.3. The third-order valence-electron chi connectivity index (χ3n) is 16.8. The molecule has 0 unspecified atom stereocenters. The van der Waals surface area contributed by atoms with Crippen molar-refractivity contribution in [2.24, 2.45) is 0 Å². The summed E-state index contributed by atoms with van der Waals surface area (Å²) in [7, 11) is 6.47. The Bertz CT molecular complexity index is 4260. The van der Waals surface area contributed by atoms with E-state index in [-0.39, 0.29) is 29.9 Å². The number of imidazole rings is 1. The maximum atomic E-state index is 6.06. The van der Waals surface area contributed by atoms with Crippen LogP contribution in [0.15, 0.2) is 110 Å². The van der Waals surface area contributed by atoms with Gasteiger partial charge in [-0.15, -0.1) is 0 Å². The number of nitrogens with zero attached hydrogens (tertiary/aromatic N) is 13. The molecule has 11 heterocycles. The number of ether oxygens (including phenoxy) is 4. The van der Waals surface area contributed by atoms with Gasteiger partial charge in [0, 0.05) is 103 Å². The molecule has 10 N–H and O–H groups in total. The molecule has 466 valence electrons. The predicted octanol–water partition coefficient (Wildman–Crippen LogP) is 9.33. The molecule has 0 saturated carbocycles. The summed E-state index contributed by atoms with van der Waals surface area (Å²) in [5, 5.41) is 1.02. The Balaban J connectivity index is 0.000000132. The topological polar surface area (TPSA) is 311 Å². The normalized spacial score (nSPS) is 13.9. The molecule has 0 aliphatic carbocycles. The van der Waals surface area contributed by atoms with Gasteiger partial charge in [-0.2, -0.15) is 0 Å². The van der Waals surface area contributed by atoms with Crippen molar-refractivity contribution in [3.05, 3.63) is 177 Å². The van der Waals surface area contributed by atoms with Crippen LogP contribution in [-0.2, 0) is 58.7 Å². The molecule has 3 aliphatic heterocycles. The summed E-state index contributed by atoms with van der Waals surface area (Å²) >= 11 is 0. The summed E-state index contributed by atoms with van der Waals surface area (Å²) in [6.07, 6.45) is 16.8. The van der Waals surface area contributed by atoms with Gasteiger partial charge in [-0.25, -0.2) is 49.8 Å². The van der Waals surface area contributed by atoms with Crippen molar-refractivity contribution in [1.82, 2.24) is 74.5 Å². The molecule has 11 aromatic rings. The molecule has 23 heteroatoms. The Hall–Kier alpha value is -10.4. The number of aryl methyl sites for hydroxylation is 3. The van der Waals surface area contributed by atoms with Crippen LogP contribution in [0.1, 0.15) is 73.7 Å². The molecule has 0 radical (unpaired) electrons. The van der Waals surface area contributed by atoms with Gasteiger partial charge in [-0.1, -0.05) is 0 Å². The monoisotopic (exact) mass is 1220 g/mol. The maximum Gasteiger partial charge on any atom is 0.258 e. The highest BCUT2D eigenvalue weighted by Crippen LogP contribution is 2.35. The van der Waals surface area contributed by atoms with Gasteiger partial charge in [0.15, 0.2) is 34.7 Å². The van der Waals surface area contributed by atoms with E-state index in [0.717, 1.165) is 126 Å². The average molecular weight is 1220 g/mol. The first-order valence-electron chi connectivity index (χ1n) is 30.4. The first kappa shape index (κ1) is 60.9. The summed E-state index contributed by atoms with van der Waals surface area (Å²) < 4.78 is 23.4. The van der Waals surface area contributed by atoms with Gasteiger partial charge in [0.25, 0.3) is 17.6 Å². The first-order chi connectivity index (χ1) is 44.1. The standard InChI is InChI=1S/C23H28N6O2.C23H24N6O.C22H23N7O/c1-4-30-20-16(5-7-26-21(20)24)13-31-23-22(25)27-11-19(28-23)17-9-14(2)18-12-29(3)8-6-15(18)10-17;1-14-9-17(10-15-5-8-29(2)12-19(14)15)20-11-27-21(24)23(28-20)30-13-16-3-6-25-22-18(16)4-7-26-22;1-13-7-16(8-14-4-6-29(2)10-17(13)14)18-9-25-20(23)22(28-18)30-11-15-3-5-24-21-19(15)26-12-27-21/h5,7,9-11H,4,6,8,12-13H2,1-3H3,(H2,24,26)(H2,25,27);3-4,6-7,9-11H,5,8,12-13H2,1-2H3,(H2,24,27)(H,25,26);3,5,7-9,12H,4,6,10-11H2,1-2H3,(H2,23,25)(H,24,26,27). The Morgan fingerprint density at radius 3 is 1.41 bits per heavy atom. The van der Waals surface area contributed by atoms with Crippen LogP contribution in [0, 0.1) is 20.8 Å². The zero-order chi connectivity index (χ0) is 63.3. The van der Waals surface area contributed by atoms with Gasteiger partial charge in [0.2, 0.25) is 0 Å². The number of benzene rings is 3. The predicted molar refractivity (Wildman–Crippen MR) is 353 cm³/mol. The molecular formula is C68H75N19O4. The Labute approximate surface area is 527 Å². The van der Waals surface area contributed by atoms with Crippen molar-refractivity contribution in [3.8, 4) is 57.2 Å². The number of nitrogen functional groups attached to an aromatic ring is 4. The molecule has 0 atom stereocenters. The highest BCUT2D eigenvalue weighted by molar-refractivity contribution is 5.79. The van der Waals surface area contributed by atoms with Crippen molar-refractivity contribution in [2.75, 3.05) is 70.3 Å². The second-order valence-corrected chi connectivity index (χ2v) is 23.4. The number of rotatable bonds is 14. The van der Waals surface area contributed by atoms with Crippen molar-refractivity contribution >= 4 is 45.5 Å². The lowest BCUT2D eigenvalue weighted by Gasteiger charge is -2.27. The highest BCUT2D eigenvalue weighted by atomic mass is 16.5. The fourth-order valence-corrected chi connectivity index (χ4v) is 11.9. The van der Waals surface area contributed by atoms with Crippen LogP contribution in [0.25, 0.3) is 56.0 Å². The number of aromatic nitrogens is 12. The van der Waals surface area contributed by atoms with Crippen LogP contribution in [0.2, 0.25) is 0 Å². The SMILES string of the molecule is CCOc1c(COc2nc(-c3cc(C)c4c(c3)CCN(C)C4)cnc2N)ccnc1N.Cc1cc(-c2cnc(N)c(OCc3ccnc4[nH]ccc34)n2)cc2c1CN(C)CC2.Cc1cc(-c2cnc(N)c(OCc3ccnc4nc[nH]c34)n2)cc2c1CN(C)CC2. The average Bonchev–Trinajstić information content (AvgIpc) is 2.32. The molecule has 3 aliphatic rings. The number of nitrogens with one attached hydrogen (secondary N) is 2. The number of H-pyrrole nitrogens is 2. The smallest absolute Gasteiger partial charge is 0.258 e. The van der Waals surface area contributed by atoms with E-state index in [1.165, 1.54) is 50.1 Å². The quantitative estimate of drug-likeness (QED) is 0.0590. The highest BCUT2D eigenvalue weighted by Gasteiger charge is 2.22. The molecule has 0 spiro atoms. The number of hydrogen-bond acceptors (Lipinski definition) is 21. The molecule has 0 saturated heterocycles. The minimum absolute atomic E-state index is 0.194. The molecule has 91 heavy (non-hydrogen) atoms. The van der Waals surface area contributed by atoms with Crippen molar-refractivity contribution < 1.29 is 18.9 Å². The van der Waals surface area contributed by atoms with E-state index < -0.39 is 0 Å². The fraction of sp³-hybridized carbons (Fsp3) is 0.294. The second-order valence-electron chi connectivity index (χ2n) is 23.4. The van der Waals surface area contributed by atoms with Crippen LogP contribution in [0.5, 0.6) is 23.4 Å². The summed E-state index contributed by atoms with van der Waals surface area (Å²) in [5.41, 5.74) is 46.6. The van der Waals surface area contributed by atoms with E-state index in [4.69, 9.17) is 41.9 Å². The van der Waals surface area contributed by atoms with Crippen LogP contribution in [0.3, 0.4) is 0 Å². The van der Waals surface area contributed by atoms with E-state index in [2.05, 4.69) is 153 Å². The Kier molecular flexibility index (Phi) is 17.9. The molecule has 0 bridgehead atoms. The van der Waals surface area contributed by atoms with Crippen LogP contribution < -0.4 is 41.9 Å². The third kappa shape index (κ3) is 13.6. The lowest BCUT2D eigenvalue weighted by Crippen LogP contribution is -2.27. The summed E-state index contributed by atoms with van der Waals surface area (Å²) in [4.78, 5) is 57.0. The third-order valence-corrected chi connectivity index (χ3v) is 16.8. The minimum atomic E-state index is 0.194. The molecule has 0 amide bonds. The van der Waals surface area contributed by atoms with Crippen molar-refractivity contribution in [2.45, 2.75) is 86.4 Å². The van der Waals surface area contributed by atoms with Gasteiger partial charge in [0.05, 0.1) is 54.1 Å². The number of hydrogen-bond donors (Lipinski definition) is 6. The van der Waals surface area contributed by atoms with E-state index in [9.17, 15) is 0 Å². The number of anilines is 4. The van der Waals surface area contributed by atoms with Crippen LogP contribution in [0.4, 0.5) is 23.3 Å². The lowest BCUT2D eigenvalue weighted by atomic mass is 9.92. The molecule has 8 aromatic heterocycles. The van der Waals surface area contributed by atoms with Gasteiger partial charge < -0.3 is 66.5 Å². The largest absolute Gasteiger partial charge is 0.490 e. The number of fused-ring (bicyclic) bond motifs is 5. The van der Waals surface area contributed by atoms with Gasteiger partial charge in [0.1, 0.15) is 25.5 Å². The maximum absolute atomic E-state index is 6.06. The number of aromatic amines is 2. The van der Waals surface area contributed by atoms with Gasteiger partial charge in [-0.05, 0) is 179 Å². The van der Waals surface area contributed by atoms with E-state index in [1.54, 1.807) is 49.6 Å². The lowest BCUT2D eigenvalue weighted by molar-refractivity contribution is 0.278. The number of nitrogens with two attached hydrogens (primary N) is 4. The minimum Gasteiger partial charge on any atom is -0.490 e. The number of pyridine rings is 3. The van der Waals surface area contributed by atoms with E-state index in [1.807, 2.05) is 31.3 Å². The summed E-state index contributed by atoms with van der Waals surface area (Å²) in [6, 6.07) is 20.8.